The highest BCUT2D eigenvalue weighted by Crippen LogP contribution is 2.23. The molecule has 0 aromatic heterocycles. The molecule has 0 fully saturated rings. The minimum atomic E-state index is 0.318. The van der Waals surface area contributed by atoms with Crippen molar-refractivity contribution < 1.29 is 4.74 Å². The lowest BCUT2D eigenvalue weighted by atomic mass is 10.1. The topological polar surface area (TPSA) is 59.0 Å². The number of rotatable bonds is 3. The van der Waals surface area contributed by atoms with E-state index < -0.39 is 0 Å². The van der Waals surface area contributed by atoms with Crippen molar-refractivity contribution in [3.8, 4) is 11.8 Å². The van der Waals surface area contributed by atoms with E-state index in [-0.39, 0.29) is 0 Å². The van der Waals surface area contributed by atoms with Gasteiger partial charge in [0.2, 0.25) is 0 Å². The van der Waals surface area contributed by atoms with Gasteiger partial charge in [-0.1, -0.05) is 29.8 Å². The van der Waals surface area contributed by atoms with Gasteiger partial charge in [-0.25, -0.2) is 0 Å². The largest absolute Gasteiger partial charge is 0.487 e. The maximum absolute atomic E-state index is 8.74. The summed E-state index contributed by atoms with van der Waals surface area (Å²) < 4.78 is 5.58. The lowest BCUT2D eigenvalue weighted by Gasteiger charge is -2.09. The summed E-state index contributed by atoms with van der Waals surface area (Å²) in [7, 11) is 0. The highest BCUT2D eigenvalue weighted by molar-refractivity contribution is 6.31. The number of ether oxygens (including phenoxy) is 1. The van der Waals surface area contributed by atoms with Gasteiger partial charge in [0.1, 0.15) is 12.4 Å². The van der Waals surface area contributed by atoms with E-state index in [0.29, 0.717) is 28.6 Å². The second kappa shape index (κ2) is 5.44. The summed E-state index contributed by atoms with van der Waals surface area (Å²) >= 11 is 6.05. The highest BCUT2D eigenvalue weighted by Gasteiger charge is 2.04. The Morgan fingerprint density at radius 3 is 2.67 bits per heavy atom. The maximum Gasteiger partial charge on any atom is 0.142 e. The molecular weight excluding hydrogens is 248 g/mol. The van der Waals surface area contributed by atoms with Gasteiger partial charge in [-0.15, -0.1) is 0 Å². The van der Waals surface area contributed by atoms with E-state index in [1.165, 1.54) is 0 Å². The first kappa shape index (κ1) is 12.3. The van der Waals surface area contributed by atoms with Crippen LogP contribution in [0.25, 0.3) is 0 Å². The molecule has 3 nitrogen and oxygen atoms in total. The molecule has 2 rings (SSSR count). The normalized spacial score (nSPS) is 9.78. The number of hydrogen-bond donors (Lipinski definition) is 1. The molecule has 0 bridgehead atoms. The van der Waals surface area contributed by atoms with Gasteiger partial charge in [0, 0.05) is 10.6 Å². The van der Waals surface area contributed by atoms with Gasteiger partial charge >= 0.3 is 0 Å². The fourth-order valence-electron chi connectivity index (χ4n) is 1.50. The van der Waals surface area contributed by atoms with Crippen molar-refractivity contribution in [3.63, 3.8) is 0 Å². The summed E-state index contributed by atoms with van der Waals surface area (Å²) in [6.45, 7) is 0.318. The van der Waals surface area contributed by atoms with E-state index in [0.717, 1.165) is 5.56 Å². The van der Waals surface area contributed by atoms with Crippen LogP contribution in [0.3, 0.4) is 0 Å². The summed E-state index contributed by atoms with van der Waals surface area (Å²) in [6, 6.07) is 14.4. The molecule has 0 amide bonds. The molecule has 0 aliphatic rings. The molecule has 2 N–H and O–H groups in total. The number of para-hydroxylation sites is 2. The number of nitrogens with zero attached hydrogens (tertiary/aromatic N) is 1. The Morgan fingerprint density at radius 2 is 2.00 bits per heavy atom. The number of nitrogens with two attached hydrogens (primary N) is 1. The molecule has 0 atom stereocenters. The predicted molar refractivity (Wildman–Crippen MR) is 71.4 cm³/mol. The average molecular weight is 259 g/mol. The van der Waals surface area contributed by atoms with Crippen molar-refractivity contribution in [2.75, 3.05) is 5.73 Å². The van der Waals surface area contributed by atoms with E-state index in [1.54, 1.807) is 30.3 Å². The molecule has 0 heterocycles. The minimum absolute atomic E-state index is 0.318. The monoisotopic (exact) mass is 258 g/mol. The molecule has 0 aliphatic carbocycles. The molecule has 2 aromatic carbocycles. The Morgan fingerprint density at radius 1 is 1.22 bits per heavy atom. The number of hydrogen-bond acceptors (Lipinski definition) is 3. The van der Waals surface area contributed by atoms with Crippen molar-refractivity contribution in [1.29, 1.82) is 5.26 Å². The van der Waals surface area contributed by atoms with Crippen LogP contribution in [0.5, 0.6) is 5.75 Å². The minimum Gasteiger partial charge on any atom is -0.487 e. The molecule has 4 heteroatoms. The predicted octanol–water partition coefficient (Wildman–Crippen LogP) is 3.37. The van der Waals surface area contributed by atoms with Crippen LogP contribution in [-0.2, 0) is 6.61 Å². The van der Waals surface area contributed by atoms with Gasteiger partial charge in [0.05, 0.1) is 17.3 Å². The zero-order chi connectivity index (χ0) is 13.0. The van der Waals surface area contributed by atoms with Crippen molar-refractivity contribution in [2.24, 2.45) is 0 Å². The van der Waals surface area contributed by atoms with Crippen LogP contribution in [0.2, 0.25) is 5.02 Å². The van der Waals surface area contributed by atoms with E-state index in [2.05, 4.69) is 0 Å². The number of benzene rings is 2. The summed E-state index contributed by atoms with van der Waals surface area (Å²) in [5.41, 5.74) is 7.70. The molecule has 90 valence electrons. The smallest absolute Gasteiger partial charge is 0.142 e. The number of halogens is 1. The number of nitriles is 1. The first-order valence-corrected chi connectivity index (χ1v) is 5.74. The number of anilines is 1. The summed E-state index contributed by atoms with van der Waals surface area (Å²) in [5.74, 6) is 0.623. The van der Waals surface area contributed by atoms with Crippen LogP contribution in [0.15, 0.2) is 42.5 Å². The van der Waals surface area contributed by atoms with Crippen LogP contribution < -0.4 is 10.5 Å². The van der Waals surface area contributed by atoms with Crippen molar-refractivity contribution >= 4 is 17.3 Å². The first-order valence-electron chi connectivity index (χ1n) is 5.36. The Balaban J connectivity index is 2.12. The third-order valence-corrected chi connectivity index (χ3v) is 2.84. The standard InChI is InChI=1S/C14H11ClN2O/c15-12-7-10(8-16)5-6-11(12)9-18-14-4-2-1-3-13(14)17/h1-7H,9,17H2. The van der Waals surface area contributed by atoms with Crippen LogP contribution in [0, 0.1) is 11.3 Å². The lowest BCUT2D eigenvalue weighted by molar-refractivity contribution is 0.308. The molecule has 0 saturated heterocycles. The second-order valence-electron chi connectivity index (χ2n) is 3.74. The Bertz CT molecular complexity index is 605. The molecule has 2 aromatic rings. The third-order valence-electron chi connectivity index (χ3n) is 2.48. The lowest BCUT2D eigenvalue weighted by Crippen LogP contribution is -1.99. The zero-order valence-corrected chi connectivity index (χ0v) is 10.3. The average Bonchev–Trinajstić information content (AvgIpc) is 2.39. The Hall–Kier alpha value is -2.18. The summed E-state index contributed by atoms with van der Waals surface area (Å²) in [5, 5.41) is 9.26. The Labute approximate surface area is 110 Å². The fraction of sp³-hybridized carbons (Fsp3) is 0.0714. The van der Waals surface area contributed by atoms with Crippen LogP contribution in [0.4, 0.5) is 5.69 Å². The molecule has 0 unspecified atom stereocenters. The first-order chi connectivity index (χ1) is 8.70. The van der Waals surface area contributed by atoms with Crippen molar-refractivity contribution in [3.05, 3.63) is 58.6 Å². The molecule has 0 aliphatic heterocycles. The van der Waals surface area contributed by atoms with E-state index in [1.807, 2.05) is 18.2 Å². The van der Waals surface area contributed by atoms with E-state index in [9.17, 15) is 0 Å². The summed E-state index contributed by atoms with van der Waals surface area (Å²) in [6.07, 6.45) is 0. The second-order valence-corrected chi connectivity index (χ2v) is 4.15. The molecule has 18 heavy (non-hydrogen) atoms. The fourth-order valence-corrected chi connectivity index (χ4v) is 1.74. The quantitative estimate of drug-likeness (QED) is 0.859. The van der Waals surface area contributed by atoms with Crippen molar-refractivity contribution in [1.82, 2.24) is 0 Å². The van der Waals surface area contributed by atoms with Gasteiger partial charge < -0.3 is 10.5 Å². The van der Waals surface area contributed by atoms with Gasteiger partial charge in [-0.3, -0.25) is 0 Å². The number of nitrogen functional groups attached to an aromatic ring is 1. The molecule has 0 spiro atoms. The summed E-state index contributed by atoms with van der Waals surface area (Å²) in [4.78, 5) is 0. The van der Waals surface area contributed by atoms with Gasteiger partial charge in [-0.2, -0.15) is 5.26 Å². The van der Waals surface area contributed by atoms with E-state index >= 15 is 0 Å². The SMILES string of the molecule is N#Cc1ccc(COc2ccccc2N)c(Cl)c1. The molecular formula is C14H11ClN2O. The van der Waals surface area contributed by atoms with Crippen LogP contribution >= 0.6 is 11.6 Å². The Kier molecular flexibility index (Phi) is 3.71. The van der Waals surface area contributed by atoms with Crippen LogP contribution in [-0.4, -0.2) is 0 Å². The zero-order valence-electron chi connectivity index (χ0n) is 9.56. The van der Waals surface area contributed by atoms with Gasteiger partial charge in [0.15, 0.2) is 0 Å². The van der Waals surface area contributed by atoms with Gasteiger partial charge in [-0.05, 0) is 24.3 Å². The maximum atomic E-state index is 8.74. The van der Waals surface area contributed by atoms with E-state index in [4.69, 9.17) is 27.3 Å². The molecule has 0 radical (unpaired) electrons. The highest BCUT2D eigenvalue weighted by atomic mass is 35.5. The molecule has 0 saturated carbocycles. The van der Waals surface area contributed by atoms with Gasteiger partial charge in [0.25, 0.3) is 0 Å². The third kappa shape index (κ3) is 2.73. The van der Waals surface area contributed by atoms with Crippen LogP contribution in [0.1, 0.15) is 11.1 Å². The van der Waals surface area contributed by atoms with Crippen molar-refractivity contribution in [2.45, 2.75) is 6.61 Å².